The van der Waals surface area contributed by atoms with Gasteiger partial charge in [-0.15, -0.1) is 10.2 Å². The van der Waals surface area contributed by atoms with Gasteiger partial charge in [0.25, 0.3) is 5.69 Å². The van der Waals surface area contributed by atoms with Gasteiger partial charge in [-0.25, -0.2) is 0 Å². The van der Waals surface area contributed by atoms with Crippen LogP contribution in [0, 0.1) is 17.0 Å². The Balaban J connectivity index is 2.45. The Labute approximate surface area is 123 Å². The van der Waals surface area contributed by atoms with Crippen molar-refractivity contribution in [1.82, 2.24) is 10.2 Å². The standard InChI is InChI=1S/C12H12BrN3O2S/c1-3-9(13)12-15-14-11(19-12)8-5-4-6-10(7(8)2)16(17)18/h4-6,9H,3H2,1-2H3. The first-order valence-electron chi connectivity index (χ1n) is 5.76. The van der Waals surface area contributed by atoms with Crippen LogP contribution < -0.4 is 0 Å². The Morgan fingerprint density at radius 3 is 2.84 bits per heavy atom. The first-order valence-corrected chi connectivity index (χ1v) is 7.49. The number of benzene rings is 1. The Bertz CT molecular complexity index is 615. The molecule has 0 saturated heterocycles. The first kappa shape index (κ1) is 14.1. The van der Waals surface area contributed by atoms with Gasteiger partial charge in [0.05, 0.1) is 9.75 Å². The molecule has 1 heterocycles. The van der Waals surface area contributed by atoms with Gasteiger partial charge in [0.15, 0.2) is 0 Å². The predicted molar refractivity (Wildman–Crippen MR) is 78.7 cm³/mol. The van der Waals surface area contributed by atoms with Crippen molar-refractivity contribution >= 4 is 33.0 Å². The van der Waals surface area contributed by atoms with Crippen LogP contribution in [-0.2, 0) is 0 Å². The molecule has 7 heteroatoms. The zero-order valence-corrected chi connectivity index (χ0v) is 12.9. The van der Waals surface area contributed by atoms with Crippen molar-refractivity contribution in [2.75, 3.05) is 0 Å². The van der Waals surface area contributed by atoms with Crippen LogP contribution in [0.1, 0.15) is 28.7 Å². The van der Waals surface area contributed by atoms with E-state index in [1.807, 2.05) is 6.07 Å². The van der Waals surface area contributed by atoms with Gasteiger partial charge in [-0.3, -0.25) is 10.1 Å². The third-order valence-corrected chi connectivity index (χ3v) is 5.25. The molecular weight excluding hydrogens is 330 g/mol. The molecular formula is C12H12BrN3O2S. The second kappa shape index (κ2) is 5.75. The summed E-state index contributed by atoms with van der Waals surface area (Å²) in [5.74, 6) is 0. The van der Waals surface area contributed by atoms with Crippen LogP contribution >= 0.6 is 27.3 Å². The maximum absolute atomic E-state index is 10.9. The maximum Gasteiger partial charge on any atom is 0.273 e. The molecule has 100 valence electrons. The molecule has 0 radical (unpaired) electrons. The van der Waals surface area contributed by atoms with E-state index in [-0.39, 0.29) is 15.4 Å². The molecule has 19 heavy (non-hydrogen) atoms. The van der Waals surface area contributed by atoms with Crippen molar-refractivity contribution < 1.29 is 4.92 Å². The largest absolute Gasteiger partial charge is 0.273 e. The molecule has 5 nitrogen and oxygen atoms in total. The predicted octanol–water partition coefficient (Wildman–Crippen LogP) is 4.27. The lowest BCUT2D eigenvalue weighted by Gasteiger charge is -2.02. The van der Waals surface area contributed by atoms with Crippen LogP contribution in [0.4, 0.5) is 5.69 Å². The summed E-state index contributed by atoms with van der Waals surface area (Å²) in [5, 5.41) is 20.8. The van der Waals surface area contributed by atoms with Gasteiger partial charge in [0.1, 0.15) is 10.0 Å². The molecule has 0 spiro atoms. The zero-order valence-electron chi connectivity index (χ0n) is 10.5. The molecule has 1 atom stereocenters. The monoisotopic (exact) mass is 341 g/mol. The van der Waals surface area contributed by atoms with E-state index in [1.54, 1.807) is 13.0 Å². The number of halogens is 1. The van der Waals surface area contributed by atoms with E-state index in [0.717, 1.165) is 17.0 Å². The molecule has 0 aliphatic carbocycles. The molecule has 0 amide bonds. The average Bonchev–Trinajstić information content (AvgIpc) is 2.87. The van der Waals surface area contributed by atoms with E-state index < -0.39 is 0 Å². The molecule has 1 aromatic heterocycles. The minimum Gasteiger partial charge on any atom is -0.258 e. The number of hydrogen-bond donors (Lipinski definition) is 0. The topological polar surface area (TPSA) is 68.9 Å². The second-order valence-corrected chi connectivity index (χ2v) is 6.14. The van der Waals surface area contributed by atoms with E-state index in [2.05, 4.69) is 33.1 Å². The van der Waals surface area contributed by atoms with Crippen molar-refractivity contribution in [1.29, 1.82) is 0 Å². The zero-order chi connectivity index (χ0) is 14.0. The van der Waals surface area contributed by atoms with E-state index >= 15 is 0 Å². The Hall–Kier alpha value is -1.34. The summed E-state index contributed by atoms with van der Waals surface area (Å²) in [5.41, 5.74) is 1.51. The molecule has 0 bridgehead atoms. The van der Waals surface area contributed by atoms with Crippen LogP contribution in [-0.4, -0.2) is 15.1 Å². The quantitative estimate of drug-likeness (QED) is 0.473. The number of nitro groups is 1. The molecule has 2 aromatic rings. The molecule has 0 aliphatic heterocycles. The molecule has 0 fully saturated rings. The SMILES string of the molecule is CCC(Br)c1nnc(-c2cccc([N+](=O)[O-])c2C)s1. The Morgan fingerprint density at radius 2 is 2.21 bits per heavy atom. The van der Waals surface area contributed by atoms with Crippen LogP contribution in [0.5, 0.6) is 0 Å². The lowest BCUT2D eigenvalue weighted by molar-refractivity contribution is -0.385. The number of nitro benzene ring substituents is 1. The van der Waals surface area contributed by atoms with Crippen molar-refractivity contribution in [2.24, 2.45) is 0 Å². The number of aromatic nitrogens is 2. The highest BCUT2D eigenvalue weighted by molar-refractivity contribution is 9.09. The molecule has 1 aromatic carbocycles. The van der Waals surface area contributed by atoms with E-state index in [9.17, 15) is 10.1 Å². The molecule has 0 aliphatic rings. The number of nitrogens with zero attached hydrogens (tertiary/aromatic N) is 3. The second-order valence-electron chi connectivity index (χ2n) is 4.03. The van der Waals surface area contributed by atoms with Gasteiger partial charge in [0, 0.05) is 17.2 Å². The molecule has 0 saturated carbocycles. The Kier molecular flexibility index (Phi) is 4.26. The van der Waals surface area contributed by atoms with Gasteiger partial charge in [-0.05, 0) is 13.3 Å². The van der Waals surface area contributed by atoms with Gasteiger partial charge in [-0.2, -0.15) is 0 Å². The number of hydrogen-bond acceptors (Lipinski definition) is 5. The third-order valence-electron chi connectivity index (χ3n) is 2.80. The lowest BCUT2D eigenvalue weighted by atomic mass is 10.1. The third kappa shape index (κ3) is 2.82. The van der Waals surface area contributed by atoms with Crippen molar-refractivity contribution in [3.8, 4) is 10.6 Å². The maximum atomic E-state index is 10.9. The first-order chi connectivity index (χ1) is 9.04. The minimum atomic E-state index is -0.375. The highest BCUT2D eigenvalue weighted by Gasteiger charge is 2.18. The van der Waals surface area contributed by atoms with Crippen LogP contribution in [0.2, 0.25) is 0 Å². The Morgan fingerprint density at radius 1 is 1.47 bits per heavy atom. The summed E-state index contributed by atoms with van der Waals surface area (Å²) in [6.07, 6.45) is 0.919. The van der Waals surface area contributed by atoms with Crippen molar-refractivity contribution in [3.05, 3.63) is 38.9 Å². The van der Waals surface area contributed by atoms with Crippen LogP contribution in [0.15, 0.2) is 18.2 Å². The van der Waals surface area contributed by atoms with Crippen LogP contribution in [0.3, 0.4) is 0 Å². The normalized spacial score (nSPS) is 12.4. The molecule has 2 rings (SSSR count). The minimum absolute atomic E-state index is 0.111. The highest BCUT2D eigenvalue weighted by atomic mass is 79.9. The fourth-order valence-corrected chi connectivity index (χ4v) is 3.06. The summed E-state index contributed by atoms with van der Waals surface area (Å²) in [4.78, 5) is 10.7. The van der Waals surface area contributed by atoms with Gasteiger partial charge < -0.3 is 0 Å². The summed E-state index contributed by atoms with van der Waals surface area (Å²) >= 11 is 4.99. The van der Waals surface area contributed by atoms with E-state index in [4.69, 9.17) is 0 Å². The fourth-order valence-electron chi connectivity index (χ4n) is 1.70. The number of alkyl halides is 1. The smallest absolute Gasteiger partial charge is 0.258 e. The van der Waals surface area contributed by atoms with Crippen LogP contribution in [0.25, 0.3) is 10.6 Å². The van der Waals surface area contributed by atoms with E-state index in [1.165, 1.54) is 17.4 Å². The summed E-state index contributed by atoms with van der Waals surface area (Å²) in [6, 6.07) is 5.01. The summed E-state index contributed by atoms with van der Waals surface area (Å²) in [6.45, 7) is 3.79. The van der Waals surface area contributed by atoms with Gasteiger partial charge in [0.2, 0.25) is 0 Å². The summed E-state index contributed by atoms with van der Waals surface area (Å²) in [7, 11) is 0. The fraction of sp³-hybridized carbons (Fsp3) is 0.333. The van der Waals surface area contributed by atoms with Gasteiger partial charge >= 0.3 is 0 Å². The van der Waals surface area contributed by atoms with Crippen molar-refractivity contribution in [3.63, 3.8) is 0 Å². The van der Waals surface area contributed by atoms with Crippen molar-refractivity contribution in [2.45, 2.75) is 25.1 Å². The number of rotatable bonds is 4. The average molecular weight is 342 g/mol. The van der Waals surface area contributed by atoms with Gasteiger partial charge in [-0.1, -0.05) is 46.3 Å². The lowest BCUT2D eigenvalue weighted by Crippen LogP contribution is -1.93. The molecule has 0 N–H and O–H groups in total. The summed E-state index contributed by atoms with van der Waals surface area (Å²) < 4.78 is 0. The van der Waals surface area contributed by atoms with E-state index in [0.29, 0.717) is 10.6 Å². The highest BCUT2D eigenvalue weighted by Crippen LogP contribution is 2.35. The molecule has 1 unspecified atom stereocenters.